The Bertz CT molecular complexity index is 251. The molecular weight excluding hydrogens is 162 g/mol. The van der Waals surface area contributed by atoms with Crippen molar-refractivity contribution in [1.29, 1.82) is 0 Å². The summed E-state index contributed by atoms with van der Waals surface area (Å²) in [4.78, 5) is 13.6. The molecule has 1 fully saturated rings. The lowest BCUT2D eigenvalue weighted by atomic mass is 9.84. The molecule has 0 saturated carbocycles. The second-order valence-corrected chi connectivity index (χ2v) is 4.95. The first-order chi connectivity index (χ1) is 5.83. The molecular formula is C11H19NO. The van der Waals surface area contributed by atoms with Crippen molar-refractivity contribution in [3.8, 4) is 0 Å². The third kappa shape index (κ3) is 2.11. The van der Waals surface area contributed by atoms with Gasteiger partial charge in [0.15, 0.2) is 0 Å². The molecule has 1 rings (SSSR count). The molecule has 0 aliphatic carbocycles. The maximum absolute atomic E-state index is 11.7. The van der Waals surface area contributed by atoms with Crippen LogP contribution >= 0.6 is 0 Å². The molecule has 0 aromatic carbocycles. The predicted octanol–water partition coefficient (Wildman–Crippen LogP) is 2.21. The van der Waals surface area contributed by atoms with E-state index in [1.165, 1.54) is 0 Å². The lowest BCUT2D eigenvalue weighted by Crippen LogP contribution is -2.55. The second kappa shape index (κ2) is 3.17. The Labute approximate surface area is 80.6 Å². The van der Waals surface area contributed by atoms with Crippen molar-refractivity contribution >= 4 is 5.91 Å². The highest BCUT2D eigenvalue weighted by Crippen LogP contribution is 2.29. The molecule has 0 atom stereocenters. The van der Waals surface area contributed by atoms with Crippen LogP contribution in [0.2, 0.25) is 0 Å². The first-order valence-electron chi connectivity index (χ1n) is 4.77. The Hall–Kier alpha value is -0.790. The van der Waals surface area contributed by atoms with E-state index < -0.39 is 0 Å². The average Bonchev–Trinajstić information content (AvgIpc) is 1.97. The summed E-state index contributed by atoms with van der Waals surface area (Å²) in [5, 5.41) is 0. The minimum absolute atomic E-state index is 0.208. The van der Waals surface area contributed by atoms with Crippen LogP contribution in [0.15, 0.2) is 11.1 Å². The van der Waals surface area contributed by atoms with Crippen LogP contribution in [-0.2, 0) is 4.79 Å². The van der Waals surface area contributed by atoms with Gasteiger partial charge < -0.3 is 4.90 Å². The molecule has 1 amide bonds. The van der Waals surface area contributed by atoms with E-state index >= 15 is 0 Å². The van der Waals surface area contributed by atoms with Crippen molar-refractivity contribution in [1.82, 2.24) is 4.90 Å². The summed E-state index contributed by atoms with van der Waals surface area (Å²) in [6.45, 7) is 12.1. The number of carbonyl (C=O) groups excluding carboxylic acids is 1. The molecule has 2 nitrogen and oxygen atoms in total. The van der Waals surface area contributed by atoms with Gasteiger partial charge in [-0.1, -0.05) is 19.4 Å². The Morgan fingerprint density at radius 3 is 1.92 bits per heavy atom. The highest BCUT2D eigenvalue weighted by Gasteiger charge is 2.37. The number of rotatable bonds is 1. The van der Waals surface area contributed by atoms with Crippen LogP contribution in [0.3, 0.4) is 0 Å². The summed E-state index contributed by atoms with van der Waals surface area (Å²) >= 11 is 0. The maximum atomic E-state index is 11.7. The number of nitrogens with zero attached hydrogens (tertiary/aromatic N) is 1. The number of amides is 1. The van der Waals surface area contributed by atoms with Crippen LogP contribution < -0.4 is 0 Å². The molecule has 1 aliphatic rings. The number of hydrogen-bond donors (Lipinski definition) is 0. The molecule has 0 radical (unpaired) electrons. The molecule has 0 bridgehead atoms. The van der Waals surface area contributed by atoms with Gasteiger partial charge in [-0.2, -0.15) is 0 Å². The largest absolute Gasteiger partial charge is 0.338 e. The van der Waals surface area contributed by atoms with Crippen LogP contribution in [0.5, 0.6) is 0 Å². The first-order valence-corrected chi connectivity index (χ1v) is 4.77. The molecule has 2 heteroatoms. The lowest BCUT2D eigenvalue weighted by molar-refractivity contribution is -0.137. The summed E-state index contributed by atoms with van der Waals surface area (Å²) in [6.07, 6.45) is 0. The van der Waals surface area contributed by atoms with E-state index in [1.807, 2.05) is 25.7 Å². The second-order valence-electron chi connectivity index (χ2n) is 4.95. The van der Waals surface area contributed by atoms with E-state index in [2.05, 4.69) is 13.8 Å². The lowest BCUT2D eigenvalue weighted by Gasteiger charge is -2.46. The minimum Gasteiger partial charge on any atom is -0.338 e. The van der Waals surface area contributed by atoms with Crippen LogP contribution in [0.4, 0.5) is 0 Å². The number of carbonyl (C=O) groups is 1. The van der Waals surface area contributed by atoms with E-state index in [4.69, 9.17) is 0 Å². The van der Waals surface area contributed by atoms with Gasteiger partial charge in [0.2, 0.25) is 5.91 Å². The molecule has 1 saturated heterocycles. The van der Waals surface area contributed by atoms with Crippen molar-refractivity contribution in [2.75, 3.05) is 13.1 Å². The summed E-state index contributed by atoms with van der Waals surface area (Å²) in [7, 11) is 0. The number of hydrogen-bond acceptors (Lipinski definition) is 1. The summed E-state index contributed by atoms with van der Waals surface area (Å²) in [5.41, 5.74) is 2.35. The topological polar surface area (TPSA) is 20.3 Å². The van der Waals surface area contributed by atoms with Gasteiger partial charge in [-0.05, 0) is 26.2 Å². The minimum atomic E-state index is 0.208. The van der Waals surface area contributed by atoms with Gasteiger partial charge in [-0.25, -0.2) is 0 Å². The summed E-state index contributed by atoms with van der Waals surface area (Å²) in [5.74, 6) is 0.208. The van der Waals surface area contributed by atoms with E-state index in [9.17, 15) is 4.79 Å². The molecule has 0 aromatic rings. The quantitative estimate of drug-likeness (QED) is 0.568. The highest BCUT2D eigenvalue weighted by atomic mass is 16.2. The molecule has 74 valence electrons. The molecule has 0 aromatic heterocycles. The standard InChI is InChI=1S/C11H19NO/c1-8(2)9(3)10(13)12-6-11(4,5)7-12/h6-7H2,1-5H3. The molecule has 0 spiro atoms. The SMILES string of the molecule is CC(C)=C(C)C(=O)N1CC(C)(C)C1. The number of allylic oxidation sites excluding steroid dienone is 1. The van der Waals surface area contributed by atoms with Gasteiger partial charge in [-0.15, -0.1) is 0 Å². The van der Waals surface area contributed by atoms with Crippen LogP contribution in [0.25, 0.3) is 0 Å². The zero-order valence-electron chi connectivity index (χ0n) is 9.27. The van der Waals surface area contributed by atoms with Crippen molar-refractivity contribution in [2.24, 2.45) is 5.41 Å². The molecule has 0 unspecified atom stereocenters. The third-order valence-corrected chi connectivity index (χ3v) is 2.60. The van der Waals surface area contributed by atoms with Gasteiger partial charge >= 0.3 is 0 Å². The van der Waals surface area contributed by atoms with E-state index in [0.717, 1.165) is 24.2 Å². The Kier molecular flexibility index (Phi) is 2.51. The van der Waals surface area contributed by atoms with Crippen LogP contribution in [-0.4, -0.2) is 23.9 Å². The van der Waals surface area contributed by atoms with Crippen molar-refractivity contribution in [2.45, 2.75) is 34.6 Å². The Morgan fingerprint density at radius 2 is 1.62 bits per heavy atom. The smallest absolute Gasteiger partial charge is 0.249 e. The Balaban J connectivity index is 2.59. The van der Waals surface area contributed by atoms with Crippen molar-refractivity contribution in [3.63, 3.8) is 0 Å². The average molecular weight is 181 g/mol. The van der Waals surface area contributed by atoms with Crippen LogP contribution in [0.1, 0.15) is 34.6 Å². The van der Waals surface area contributed by atoms with Crippen LogP contribution in [0, 0.1) is 5.41 Å². The van der Waals surface area contributed by atoms with Gasteiger partial charge in [0.1, 0.15) is 0 Å². The molecule has 0 N–H and O–H groups in total. The fourth-order valence-electron chi connectivity index (χ4n) is 1.58. The maximum Gasteiger partial charge on any atom is 0.249 e. The van der Waals surface area contributed by atoms with E-state index in [0.29, 0.717) is 5.41 Å². The molecule has 13 heavy (non-hydrogen) atoms. The number of likely N-dealkylation sites (tertiary alicyclic amines) is 1. The molecule has 1 aliphatic heterocycles. The summed E-state index contributed by atoms with van der Waals surface area (Å²) < 4.78 is 0. The zero-order chi connectivity index (χ0) is 10.2. The van der Waals surface area contributed by atoms with Crippen molar-refractivity contribution < 1.29 is 4.79 Å². The first kappa shape index (κ1) is 10.3. The van der Waals surface area contributed by atoms with Gasteiger partial charge in [0.25, 0.3) is 0 Å². The van der Waals surface area contributed by atoms with Gasteiger partial charge in [0.05, 0.1) is 0 Å². The Morgan fingerprint density at radius 1 is 1.15 bits per heavy atom. The van der Waals surface area contributed by atoms with Gasteiger partial charge in [-0.3, -0.25) is 4.79 Å². The van der Waals surface area contributed by atoms with Gasteiger partial charge in [0, 0.05) is 18.7 Å². The highest BCUT2D eigenvalue weighted by molar-refractivity contribution is 5.94. The zero-order valence-corrected chi connectivity index (χ0v) is 9.27. The fourth-order valence-corrected chi connectivity index (χ4v) is 1.58. The molecule has 1 heterocycles. The van der Waals surface area contributed by atoms with E-state index in [1.54, 1.807) is 0 Å². The summed E-state index contributed by atoms with van der Waals surface area (Å²) in [6, 6.07) is 0. The normalized spacial score (nSPS) is 19.3. The van der Waals surface area contributed by atoms with Crippen molar-refractivity contribution in [3.05, 3.63) is 11.1 Å². The third-order valence-electron chi connectivity index (χ3n) is 2.60. The van der Waals surface area contributed by atoms with E-state index in [-0.39, 0.29) is 5.91 Å². The monoisotopic (exact) mass is 181 g/mol. The fraction of sp³-hybridized carbons (Fsp3) is 0.727. The predicted molar refractivity (Wildman–Crippen MR) is 54.4 cm³/mol.